The van der Waals surface area contributed by atoms with Crippen molar-refractivity contribution in [3.8, 4) is 0 Å². The first-order valence-corrected chi connectivity index (χ1v) is 9.08. The van der Waals surface area contributed by atoms with Gasteiger partial charge < -0.3 is 19.5 Å². The molecule has 0 radical (unpaired) electrons. The van der Waals surface area contributed by atoms with Crippen LogP contribution in [-0.4, -0.2) is 59.7 Å². The van der Waals surface area contributed by atoms with E-state index in [1.165, 1.54) is 12.5 Å². The summed E-state index contributed by atoms with van der Waals surface area (Å²) in [5, 5.41) is 2.81. The van der Waals surface area contributed by atoms with Crippen LogP contribution in [0.3, 0.4) is 0 Å². The second-order valence-corrected chi connectivity index (χ2v) is 6.99. The zero-order chi connectivity index (χ0) is 19.0. The number of benzene rings is 1. The average Bonchev–Trinajstić information content (AvgIpc) is 3.22. The van der Waals surface area contributed by atoms with Gasteiger partial charge in [0.25, 0.3) is 17.7 Å². The van der Waals surface area contributed by atoms with Gasteiger partial charge in [-0.05, 0) is 37.1 Å². The van der Waals surface area contributed by atoms with Gasteiger partial charge in [0.1, 0.15) is 6.26 Å². The molecule has 3 amide bonds. The number of hydrogen-bond donors (Lipinski definition) is 1. The summed E-state index contributed by atoms with van der Waals surface area (Å²) in [6, 6.07) is 6.86. The highest BCUT2D eigenvalue weighted by atomic mass is 16.3. The highest BCUT2D eigenvalue weighted by Crippen LogP contribution is 2.20. The Morgan fingerprint density at radius 2 is 2.00 bits per heavy atom. The first kappa shape index (κ1) is 17.3. The van der Waals surface area contributed by atoms with Gasteiger partial charge in [-0.15, -0.1) is 0 Å². The molecule has 2 aliphatic rings. The molecular weight excluding hydrogens is 346 g/mol. The number of carbonyl (C=O) groups excluding carboxylic acids is 3. The molecule has 0 saturated carbocycles. The van der Waals surface area contributed by atoms with Gasteiger partial charge in [-0.1, -0.05) is 6.07 Å². The van der Waals surface area contributed by atoms with Crippen LogP contribution >= 0.6 is 0 Å². The highest BCUT2D eigenvalue weighted by Gasteiger charge is 2.31. The van der Waals surface area contributed by atoms with Crippen LogP contribution in [0.4, 0.5) is 0 Å². The van der Waals surface area contributed by atoms with E-state index >= 15 is 0 Å². The number of piperazine rings is 1. The van der Waals surface area contributed by atoms with E-state index in [0.29, 0.717) is 42.9 Å². The van der Waals surface area contributed by atoms with E-state index in [1.54, 1.807) is 28.0 Å². The van der Waals surface area contributed by atoms with Crippen molar-refractivity contribution in [2.45, 2.75) is 19.4 Å². The van der Waals surface area contributed by atoms with E-state index in [-0.39, 0.29) is 23.8 Å². The van der Waals surface area contributed by atoms with Crippen molar-refractivity contribution in [1.29, 1.82) is 0 Å². The maximum Gasteiger partial charge on any atom is 0.257 e. The number of hydrogen-bond acceptors (Lipinski definition) is 4. The number of furan rings is 1. The number of fused-ring (bicyclic) bond motifs is 1. The zero-order valence-electron chi connectivity index (χ0n) is 15.1. The monoisotopic (exact) mass is 367 g/mol. The molecular formula is C20H21N3O4. The molecule has 1 atom stereocenters. The second-order valence-electron chi connectivity index (χ2n) is 6.99. The quantitative estimate of drug-likeness (QED) is 0.873. The maximum atomic E-state index is 13.0. The summed E-state index contributed by atoms with van der Waals surface area (Å²) in [6.07, 6.45) is 3.69. The fourth-order valence-electron chi connectivity index (χ4n) is 3.72. The number of rotatable bonds is 2. The predicted octanol–water partition coefficient (Wildman–Crippen LogP) is 1.55. The molecule has 4 rings (SSSR count). The SMILES string of the molecule is C[C@@H]1CN(C(=O)c2ccoc2)CCN1C(=O)c1ccc2c(c1)C(=O)NCC2. The van der Waals surface area contributed by atoms with Crippen molar-refractivity contribution in [1.82, 2.24) is 15.1 Å². The number of nitrogens with one attached hydrogen (secondary N) is 1. The average molecular weight is 367 g/mol. The van der Waals surface area contributed by atoms with Gasteiger partial charge in [0.15, 0.2) is 0 Å². The Morgan fingerprint density at radius 3 is 2.74 bits per heavy atom. The lowest BCUT2D eigenvalue weighted by molar-refractivity contribution is 0.0414. The number of amides is 3. The molecule has 1 aromatic heterocycles. The second kappa shape index (κ2) is 6.90. The summed E-state index contributed by atoms with van der Waals surface area (Å²) >= 11 is 0. The fraction of sp³-hybridized carbons (Fsp3) is 0.350. The van der Waals surface area contributed by atoms with Crippen molar-refractivity contribution in [2.24, 2.45) is 0 Å². The Kier molecular flexibility index (Phi) is 4.43. The molecule has 1 aromatic carbocycles. The molecule has 0 unspecified atom stereocenters. The van der Waals surface area contributed by atoms with Gasteiger partial charge in [-0.25, -0.2) is 0 Å². The summed E-state index contributed by atoms with van der Waals surface area (Å²) in [6.45, 7) is 3.93. The van der Waals surface area contributed by atoms with E-state index < -0.39 is 0 Å². The molecule has 140 valence electrons. The molecule has 0 bridgehead atoms. The fourth-order valence-corrected chi connectivity index (χ4v) is 3.72. The predicted molar refractivity (Wildman–Crippen MR) is 97.6 cm³/mol. The highest BCUT2D eigenvalue weighted by molar-refractivity contribution is 6.01. The summed E-state index contributed by atoms with van der Waals surface area (Å²) in [4.78, 5) is 41.0. The molecule has 27 heavy (non-hydrogen) atoms. The van der Waals surface area contributed by atoms with Crippen LogP contribution in [0.1, 0.15) is 43.6 Å². The van der Waals surface area contributed by atoms with Crippen LogP contribution in [0.2, 0.25) is 0 Å². The molecule has 1 saturated heterocycles. The zero-order valence-corrected chi connectivity index (χ0v) is 15.1. The number of nitrogens with zero attached hydrogens (tertiary/aromatic N) is 2. The Bertz CT molecular complexity index is 891. The maximum absolute atomic E-state index is 13.0. The minimum absolute atomic E-state index is 0.0897. The smallest absolute Gasteiger partial charge is 0.257 e. The van der Waals surface area contributed by atoms with Crippen LogP contribution in [0.25, 0.3) is 0 Å². The molecule has 0 aliphatic carbocycles. The van der Waals surface area contributed by atoms with Crippen molar-refractivity contribution in [3.63, 3.8) is 0 Å². The molecule has 7 nitrogen and oxygen atoms in total. The van der Waals surface area contributed by atoms with Gasteiger partial charge in [0, 0.05) is 43.3 Å². The summed E-state index contributed by atoms with van der Waals surface area (Å²) < 4.78 is 4.98. The van der Waals surface area contributed by atoms with E-state index in [0.717, 1.165) is 12.0 Å². The third kappa shape index (κ3) is 3.20. The molecule has 1 fully saturated rings. The lowest BCUT2D eigenvalue weighted by Crippen LogP contribution is -2.55. The van der Waals surface area contributed by atoms with Gasteiger partial charge in [-0.3, -0.25) is 14.4 Å². The normalized spacial score (nSPS) is 19.4. The lowest BCUT2D eigenvalue weighted by atomic mass is 9.97. The van der Waals surface area contributed by atoms with Gasteiger partial charge in [0.2, 0.25) is 0 Å². The summed E-state index contributed by atoms with van der Waals surface area (Å²) in [5.74, 6) is -0.332. The molecule has 7 heteroatoms. The van der Waals surface area contributed by atoms with Gasteiger partial charge in [0.05, 0.1) is 11.8 Å². The Balaban J connectivity index is 1.48. The molecule has 0 spiro atoms. The van der Waals surface area contributed by atoms with Crippen LogP contribution < -0.4 is 5.32 Å². The summed E-state index contributed by atoms with van der Waals surface area (Å²) in [7, 11) is 0. The molecule has 2 aromatic rings. The van der Waals surface area contributed by atoms with Crippen LogP contribution in [-0.2, 0) is 6.42 Å². The lowest BCUT2D eigenvalue weighted by Gasteiger charge is -2.40. The minimum atomic E-state index is -0.130. The Morgan fingerprint density at radius 1 is 1.15 bits per heavy atom. The third-order valence-corrected chi connectivity index (χ3v) is 5.23. The van der Waals surface area contributed by atoms with Crippen molar-refractivity contribution in [3.05, 3.63) is 59.0 Å². The topological polar surface area (TPSA) is 82.9 Å². The van der Waals surface area contributed by atoms with Crippen molar-refractivity contribution in [2.75, 3.05) is 26.2 Å². The van der Waals surface area contributed by atoms with Crippen LogP contribution in [0, 0.1) is 0 Å². The third-order valence-electron chi connectivity index (χ3n) is 5.23. The Hall–Kier alpha value is -3.09. The van der Waals surface area contributed by atoms with Gasteiger partial charge in [-0.2, -0.15) is 0 Å². The summed E-state index contributed by atoms with van der Waals surface area (Å²) in [5.41, 5.74) is 2.57. The van der Waals surface area contributed by atoms with E-state index in [4.69, 9.17) is 4.42 Å². The molecule has 2 aliphatic heterocycles. The van der Waals surface area contributed by atoms with E-state index in [2.05, 4.69) is 5.32 Å². The van der Waals surface area contributed by atoms with E-state index in [1.807, 2.05) is 13.0 Å². The largest absolute Gasteiger partial charge is 0.472 e. The van der Waals surface area contributed by atoms with E-state index in [9.17, 15) is 14.4 Å². The first-order chi connectivity index (χ1) is 13.0. The molecule has 3 heterocycles. The Labute approximate surface area is 156 Å². The van der Waals surface area contributed by atoms with Crippen molar-refractivity contribution < 1.29 is 18.8 Å². The van der Waals surface area contributed by atoms with Gasteiger partial charge >= 0.3 is 0 Å². The van der Waals surface area contributed by atoms with Crippen LogP contribution in [0.5, 0.6) is 0 Å². The molecule has 1 N–H and O–H groups in total. The van der Waals surface area contributed by atoms with Crippen LogP contribution in [0.15, 0.2) is 41.2 Å². The minimum Gasteiger partial charge on any atom is -0.472 e. The van der Waals surface area contributed by atoms with Crippen molar-refractivity contribution >= 4 is 17.7 Å². The number of carbonyl (C=O) groups is 3. The first-order valence-electron chi connectivity index (χ1n) is 9.08. The standard InChI is InChI=1S/C20H21N3O4/c1-13-11-22(19(25)16-5-9-27-12-16)7-8-23(13)20(26)15-3-2-14-4-6-21-18(24)17(14)10-15/h2-3,5,9-10,12-13H,4,6-8,11H2,1H3,(H,21,24)/t13-/m1/s1.